The number of hydrogen-bond donors (Lipinski definition) is 0. The molecule has 0 unspecified atom stereocenters. The number of anilines is 2. The molecule has 0 aromatic heterocycles. The maximum atomic E-state index is 7.89. The number of hydrogen-bond acceptors (Lipinski definition) is 2. The van der Waals surface area contributed by atoms with Crippen molar-refractivity contribution >= 4 is 46.9 Å². The molecule has 0 bridgehead atoms. The van der Waals surface area contributed by atoms with Gasteiger partial charge in [0.15, 0.2) is 0 Å². The Kier molecular flexibility index (Phi) is 8.35. The first kappa shape index (κ1) is 24.7. The van der Waals surface area contributed by atoms with E-state index in [0.717, 1.165) is 26.2 Å². The third-order valence-electron chi connectivity index (χ3n) is 6.59. The quantitative estimate of drug-likeness (QED) is 0.366. The Morgan fingerprint density at radius 2 is 1.03 bits per heavy atom. The van der Waals surface area contributed by atoms with E-state index in [-0.39, 0.29) is 0 Å². The van der Waals surface area contributed by atoms with Crippen molar-refractivity contribution in [2.24, 2.45) is 0 Å². The summed E-state index contributed by atoms with van der Waals surface area (Å²) in [5.74, 6) is 0. The van der Waals surface area contributed by atoms with Crippen molar-refractivity contribution < 1.29 is 0 Å². The molecule has 3 rings (SSSR count). The Hall–Kier alpha value is -1.91. The van der Waals surface area contributed by atoms with Gasteiger partial charge in [0.25, 0.3) is 0 Å². The average molecular weight is 510 g/mol. The van der Waals surface area contributed by atoms with Crippen molar-refractivity contribution in [3.8, 4) is 0 Å². The molecule has 0 heterocycles. The fourth-order valence-corrected chi connectivity index (χ4v) is 14.8. The summed E-state index contributed by atoms with van der Waals surface area (Å²) in [7, 11) is 7.89. The fourth-order valence-electron chi connectivity index (χ4n) is 4.76. The summed E-state index contributed by atoms with van der Waals surface area (Å²) in [5.41, 5.74) is 5.14. The van der Waals surface area contributed by atoms with Crippen LogP contribution in [0.4, 0.5) is 11.4 Å². The van der Waals surface area contributed by atoms with Crippen LogP contribution in [0.5, 0.6) is 0 Å². The Balaban J connectivity index is 2.20. The van der Waals surface area contributed by atoms with Gasteiger partial charge >= 0.3 is 202 Å². The molecule has 0 spiro atoms. The molecule has 170 valence electrons. The Morgan fingerprint density at radius 1 is 0.625 bits per heavy atom. The predicted molar refractivity (Wildman–Crippen MR) is 146 cm³/mol. The SMILES string of the molecule is CCN(CC)c1cc[c]([Ge]([Cl])([c]2ccccc2)[c]2ccc(N(CC)CC)cc2C)c(C)c1. The molecule has 4 heteroatoms. The molecule has 3 aromatic rings. The van der Waals surface area contributed by atoms with E-state index in [1.165, 1.54) is 35.7 Å². The van der Waals surface area contributed by atoms with E-state index in [1.807, 2.05) is 0 Å². The van der Waals surface area contributed by atoms with Gasteiger partial charge < -0.3 is 0 Å². The average Bonchev–Trinajstić information content (AvgIpc) is 2.81. The second kappa shape index (κ2) is 10.8. The number of aryl methyl sites for hydroxylation is 2. The van der Waals surface area contributed by atoms with Crippen LogP contribution >= 0.6 is 10.0 Å². The topological polar surface area (TPSA) is 6.48 Å². The molecule has 0 amide bonds. The number of halogens is 1. The summed E-state index contributed by atoms with van der Waals surface area (Å²) in [6, 6.07) is 24.6. The van der Waals surface area contributed by atoms with Crippen LogP contribution in [0.2, 0.25) is 0 Å². The van der Waals surface area contributed by atoms with E-state index in [1.54, 1.807) is 0 Å². The Morgan fingerprint density at radius 3 is 1.38 bits per heavy atom. The van der Waals surface area contributed by atoms with Gasteiger partial charge in [-0.2, -0.15) is 0 Å². The first-order chi connectivity index (χ1) is 15.4. The van der Waals surface area contributed by atoms with E-state index in [4.69, 9.17) is 10.0 Å². The minimum absolute atomic E-state index is 1.01. The molecule has 2 nitrogen and oxygen atoms in total. The second-order valence-electron chi connectivity index (χ2n) is 8.37. The van der Waals surface area contributed by atoms with E-state index in [0.29, 0.717) is 0 Å². The Labute approximate surface area is 201 Å². The summed E-state index contributed by atoms with van der Waals surface area (Å²) in [6.45, 7) is 17.3. The van der Waals surface area contributed by atoms with Gasteiger partial charge in [-0.1, -0.05) is 0 Å². The molecular weight excluding hydrogens is 472 g/mol. The molecule has 0 radical (unpaired) electrons. The molecule has 0 aliphatic rings. The molecule has 32 heavy (non-hydrogen) atoms. The van der Waals surface area contributed by atoms with Crippen LogP contribution in [0.15, 0.2) is 66.7 Å². The third kappa shape index (κ3) is 4.72. The third-order valence-corrected chi connectivity index (χ3v) is 17.7. The zero-order valence-corrected chi connectivity index (χ0v) is 23.3. The summed E-state index contributed by atoms with van der Waals surface area (Å²) in [6.07, 6.45) is 0. The monoisotopic (exact) mass is 510 g/mol. The standard InChI is InChI=1S/C28H37ClGeN2/c1-7-31(8-2)25-16-18-27(22(5)20-25)30(29,24-14-12-11-13-15-24)28-19-17-26(21-23(28)6)32(9-3)10-4/h11-21H,7-10H2,1-6H3. The van der Waals surface area contributed by atoms with Gasteiger partial charge in [-0.05, 0) is 0 Å². The van der Waals surface area contributed by atoms with Crippen LogP contribution in [0.1, 0.15) is 38.8 Å². The fraction of sp³-hybridized carbons (Fsp3) is 0.357. The first-order valence-electron chi connectivity index (χ1n) is 11.9. The van der Waals surface area contributed by atoms with Gasteiger partial charge in [0.2, 0.25) is 0 Å². The molecule has 0 aliphatic heterocycles. The van der Waals surface area contributed by atoms with Crippen molar-refractivity contribution in [2.45, 2.75) is 41.5 Å². The summed E-state index contributed by atoms with van der Waals surface area (Å²) < 4.78 is 3.94. The predicted octanol–water partition coefficient (Wildman–Crippen LogP) is 5.20. The molecule has 0 N–H and O–H groups in total. The van der Waals surface area contributed by atoms with E-state index >= 15 is 0 Å². The van der Waals surface area contributed by atoms with Crippen molar-refractivity contribution in [3.05, 3.63) is 77.9 Å². The van der Waals surface area contributed by atoms with E-state index in [2.05, 4.69) is 118 Å². The molecule has 0 aliphatic carbocycles. The summed E-state index contributed by atoms with van der Waals surface area (Å²) in [4.78, 5) is 4.79. The van der Waals surface area contributed by atoms with Gasteiger partial charge in [-0.15, -0.1) is 0 Å². The van der Waals surface area contributed by atoms with Crippen LogP contribution in [0.3, 0.4) is 0 Å². The van der Waals surface area contributed by atoms with Crippen LogP contribution in [0.25, 0.3) is 0 Å². The van der Waals surface area contributed by atoms with Crippen molar-refractivity contribution in [3.63, 3.8) is 0 Å². The maximum absolute atomic E-state index is 7.89. The van der Waals surface area contributed by atoms with Crippen LogP contribution in [0, 0.1) is 13.8 Å². The second-order valence-corrected chi connectivity index (χ2v) is 17.5. The van der Waals surface area contributed by atoms with Gasteiger partial charge in [-0.25, -0.2) is 0 Å². The van der Waals surface area contributed by atoms with Gasteiger partial charge in [0.05, 0.1) is 0 Å². The molecule has 0 saturated carbocycles. The van der Waals surface area contributed by atoms with Gasteiger partial charge in [-0.3, -0.25) is 0 Å². The zero-order chi connectivity index (χ0) is 23.3. The van der Waals surface area contributed by atoms with Crippen LogP contribution < -0.4 is 23.0 Å². The summed E-state index contributed by atoms with van der Waals surface area (Å²) in [5, 5.41) is 0. The van der Waals surface area contributed by atoms with Gasteiger partial charge in [0.1, 0.15) is 0 Å². The van der Waals surface area contributed by atoms with E-state index < -0.39 is 12.3 Å². The summed E-state index contributed by atoms with van der Waals surface area (Å²) >= 11 is -3.37. The van der Waals surface area contributed by atoms with Crippen molar-refractivity contribution in [1.82, 2.24) is 0 Å². The van der Waals surface area contributed by atoms with E-state index in [9.17, 15) is 0 Å². The minimum atomic E-state index is -3.37. The molecule has 3 aromatic carbocycles. The Bertz CT molecular complexity index is 965. The molecule has 0 atom stereocenters. The van der Waals surface area contributed by atoms with Crippen LogP contribution in [-0.2, 0) is 0 Å². The van der Waals surface area contributed by atoms with Gasteiger partial charge in [0, 0.05) is 0 Å². The van der Waals surface area contributed by atoms with Crippen LogP contribution in [-0.4, -0.2) is 38.5 Å². The zero-order valence-electron chi connectivity index (χ0n) is 20.5. The number of rotatable bonds is 9. The number of nitrogens with zero attached hydrogens (tertiary/aromatic N) is 2. The van der Waals surface area contributed by atoms with Crippen molar-refractivity contribution in [2.75, 3.05) is 36.0 Å². The normalized spacial score (nSPS) is 11.5. The molecular formula is C28H37ClGeN2. The number of benzene rings is 3. The first-order valence-corrected chi connectivity index (χ1v) is 17.8. The van der Waals surface area contributed by atoms with Crippen molar-refractivity contribution in [1.29, 1.82) is 0 Å². The molecule has 0 fully saturated rings. The molecule has 0 saturated heterocycles.